The van der Waals surface area contributed by atoms with Gasteiger partial charge >= 0.3 is 6.61 Å². The van der Waals surface area contributed by atoms with Crippen LogP contribution in [0.2, 0.25) is 5.15 Å². The fourth-order valence-corrected chi connectivity index (χ4v) is 1.33. The third kappa shape index (κ3) is 4.46. The molecule has 0 unspecified atom stereocenters. The lowest BCUT2D eigenvalue weighted by Gasteiger charge is -2.15. The first kappa shape index (κ1) is 14.7. The van der Waals surface area contributed by atoms with Gasteiger partial charge in [0.15, 0.2) is 0 Å². The van der Waals surface area contributed by atoms with Crippen LogP contribution in [-0.2, 0) is 4.74 Å². The molecule has 0 fully saturated rings. The molecule has 0 amide bonds. The van der Waals surface area contributed by atoms with Gasteiger partial charge in [-0.1, -0.05) is 23.2 Å². The Morgan fingerprint density at radius 3 is 2.89 bits per heavy atom. The third-order valence-electron chi connectivity index (χ3n) is 1.78. The first-order valence-electron chi connectivity index (χ1n) is 4.68. The first-order valence-corrected chi connectivity index (χ1v) is 5.49. The Balaban J connectivity index is 2.75. The van der Waals surface area contributed by atoms with Crippen LogP contribution in [0, 0.1) is 0 Å². The molecule has 1 heterocycles. The van der Waals surface area contributed by atoms with Gasteiger partial charge in [-0.05, 0) is 12.1 Å². The number of ether oxygens (including phenoxy) is 1. The topological polar surface area (TPSA) is 37.7 Å². The second-order valence-electron chi connectivity index (χ2n) is 2.98. The SMILES string of the molecule is CN(/N=C/c1cccnc1Cl)/C(=C/Cl)OC(F)F. The van der Waals surface area contributed by atoms with E-state index >= 15 is 0 Å². The molecule has 0 bridgehead atoms. The van der Waals surface area contributed by atoms with E-state index in [1.807, 2.05) is 0 Å². The van der Waals surface area contributed by atoms with Gasteiger partial charge in [-0.15, -0.1) is 0 Å². The van der Waals surface area contributed by atoms with Crippen LogP contribution in [0.5, 0.6) is 0 Å². The number of hydrazone groups is 1. The lowest BCUT2D eigenvalue weighted by atomic mass is 10.3. The van der Waals surface area contributed by atoms with Crippen molar-refractivity contribution in [2.24, 2.45) is 5.10 Å². The van der Waals surface area contributed by atoms with Gasteiger partial charge in [0, 0.05) is 18.8 Å². The van der Waals surface area contributed by atoms with Crippen LogP contribution in [0.1, 0.15) is 5.56 Å². The molecule has 1 rings (SSSR count). The number of aromatic nitrogens is 1. The number of nitrogens with zero attached hydrogens (tertiary/aromatic N) is 3. The van der Waals surface area contributed by atoms with E-state index in [1.165, 1.54) is 19.5 Å². The summed E-state index contributed by atoms with van der Waals surface area (Å²) in [6.45, 7) is -2.98. The molecule has 4 nitrogen and oxygen atoms in total. The van der Waals surface area contributed by atoms with Crippen molar-refractivity contribution in [2.45, 2.75) is 6.61 Å². The summed E-state index contributed by atoms with van der Waals surface area (Å²) in [6.07, 6.45) is 2.87. The van der Waals surface area contributed by atoms with E-state index in [-0.39, 0.29) is 11.0 Å². The van der Waals surface area contributed by atoms with Gasteiger partial charge in [0.25, 0.3) is 0 Å². The summed E-state index contributed by atoms with van der Waals surface area (Å²) in [5, 5.41) is 5.15. The van der Waals surface area contributed by atoms with Crippen molar-refractivity contribution in [2.75, 3.05) is 7.05 Å². The van der Waals surface area contributed by atoms with Crippen LogP contribution >= 0.6 is 23.2 Å². The normalized spacial score (nSPS) is 12.2. The third-order valence-corrected chi connectivity index (χ3v) is 2.28. The van der Waals surface area contributed by atoms with Gasteiger partial charge in [0.05, 0.1) is 11.7 Å². The fraction of sp³-hybridized carbons (Fsp3) is 0.200. The van der Waals surface area contributed by atoms with Crippen molar-refractivity contribution >= 4 is 29.4 Å². The van der Waals surface area contributed by atoms with Gasteiger partial charge in [0.2, 0.25) is 5.88 Å². The van der Waals surface area contributed by atoms with Crippen LogP contribution in [0.25, 0.3) is 0 Å². The number of halogens is 4. The fourth-order valence-electron chi connectivity index (χ4n) is 0.964. The van der Waals surface area contributed by atoms with E-state index in [0.717, 1.165) is 10.5 Å². The summed E-state index contributed by atoms with van der Waals surface area (Å²) in [7, 11) is 1.40. The Labute approximate surface area is 112 Å². The molecular formula is C10H9Cl2F2N3O. The Morgan fingerprint density at radius 1 is 1.61 bits per heavy atom. The predicted octanol–water partition coefficient (Wildman–Crippen LogP) is 3.28. The second-order valence-corrected chi connectivity index (χ2v) is 3.55. The number of pyridine rings is 1. The minimum absolute atomic E-state index is 0.251. The molecule has 18 heavy (non-hydrogen) atoms. The zero-order valence-corrected chi connectivity index (χ0v) is 10.7. The molecule has 0 atom stereocenters. The minimum atomic E-state index is -2.98. The van der Waals surface area contributed by atoms with Crippen LogP contribution in [-0.4, -0.2) is 29.9 Å². The molecule has 1 aromatic heterocycles. The van der Waals surface area contributed by atoms with E-state index in [0.29, 0.717) is 5.56 Å². The van der Waals surface area contributed by atoms with Crippen molar-refractivity contribution in [3.05, 3.63) is 40.5 Å². The van der Waals surface area contributed by atoms with Crippen LogP contribution in [0.4, 0.5) is 8.78 Å². The Bertz CT molecular complexity index is 455. The highest BCUT2D eigenvalue weighted by molar-refractivity contribution is 6.31. The van der Waals surface area contributed by atoms with Gasteiger partial charge in [-0.3, -0.25) is 0 Å². The number of rotatable bonds is 5. The highest BCUT2D eigenvalue weighted by Crippen LogP contribution is 2.13. The molecule has 0 radical (unpaired) electrons. The smallest absolute Gasteiger partial charge is 0.388 e. The summed E-state index contributed by atoms with van der Waals surface area (Å²) >= 11 is 11.1. The molecule has 1 aromatic rings. The summed E-state index contributed by atoms with van der Waals surface area (Å²) in [4.78, 5) is 3.83. The summed E-state index contributed by atoms with van der Waals surface area (Å²) in [5.74, 6) is -0.289. The van der Waals surface area contributed by atoms with Gasteiger partial charge in [0.1, 0.15) is 5.15 Å². The van der Waals surface area contributed by atoms with Gasteiger partial charge < -0.3 is 4.74 Å². The van der Waals surface area contributed by atoms with Crippen molar-refractivity contribution < 1.29 is 13.5 Å². The Hall–Kier alpha value is -1.40. The number of hydrogen-bond donors (Lipinski definition) is 0. The van der Waals surface area contributed by atoms with E-state index in [2.05, 4.69) is 14.8 Å². The van der Waals surface area contributed by atoms with Crippen molar-refractivity contribution in [3.63, 3.8) is 0 Å². The molecule has 0 saturated carbocycles. The van der Waals surface area contributed by atoms with Gasteiger partial charge in [-0.2, -0.15) is 13.9 Å². The molecule has 0 spiro atoms. The molecule has 0 N–H and O–H groups in total. The summed E-state index contributed by atoms with van der Waals surface area (Å²) < 4.78 is 28.2. The Morgan fingerprint density at radius 2 is 2.33 bits per heavy atom. The van der Waals surface area contributed by atoms with Crippen LogP contribution in [0.3, 0.4) is 0 Å². The molecule has 0 aliphatic heterocycles. The summed E-state index contributed by atoms with van der Waals surface area (Å²) in [6, 6.07) is 3.34. The molecular weight excluding hydrogens is 287 g/mol. The quantitative estimate of drug-likeness (QED) is 0.362. The monoisotopic (exact) mass is 295 g/mol. The zero-order chi connectivity index (χ0) is 13.5. The van der Waals surface area contributed by atoms with E-state index in [1.54, 1.807) is 12.1 Å². The maximum absolute atomic E-state index is 12.0. The average Bonchev–Trinajstić information content (AvgIpc) is 2.34. The number of alkyl halides is 2. The maximum atomic E-state index is 12.0. The van der Waals surface area contributed by atoms with Crippen molar-refractivity contribution in [1.29, 1.82) is 0 Å². The zero-order valence-electron chi connectivity index (χ0n) is 9.23. The molecule has 8 heteroatoms. The predicted molar refractivity (Wildman–Crippen MR) is 65.6 cm³/mol. The van der Waals surface area contributed by atoms with E-state index in [9.17, 15) is 8.78 Å². The van der Waals surface area contributed by atoms with E-state index < -0.39 is 6.61 Å². The second kappa shape index (κ2) is 7.13. The van der Waals surface area contributed by atoms with Crippen LogP contribution in [0.15, 0.2) is 34.8 Å². The molecule has 0 aromatic carbocycles. The summed E-state index contributed by atoms with van der Waals surface area (Å²) in [5.41, 5.74) is 1.39. The van der Waals surface area contributed by atoms with Gasteiger partial charge in [-0.25, -0.2) is 9.99 Å². The Kier molecular flexibility index (Phi) is 5.80. The lowest BCUT2D eigenvalue weighted by Crippen LogP contribution is -2.15. The van der Waals surface area contributed by atoms with Crippen molar-refractivity contribution in [3.8, 4) is 0 Å². The lowest BCUT2D eigenvalue weighted by molar-refractivity contribution is -0.115. The maximum Gasteiger partial charge on any atom is 0.388 e. The minimum Gasteiger partial charge on any atom is -0.416 e. The molecule has 0 saturated heterocycles. The largest absolute Gasteiger partial charge is 0.416 e. The van der Waals surface area contributed by atoms with Crippen LogP contribution < -0.4 is 0 Å². The van der Waals surface area contributed by atoms with E-state index in [4.69, 9.17) is 23.2 Å². The highest BCUT2D eigenvalue weighted by Gasteiger charge is 2.10. The standard InChI is InChI=1S/C10H9Cl2F2N3O/c1-17(8(5-11)18-10(13)14)16-6-7-3-2-4-15-9(7)12/h2-6,10H,1H3/b8-5-,16-6+. The molecule has 0 aliphatic rings. The number of hydrogen-bond acceptors (Lipinski definition) is 4. The average molecular weight is 296 g/mol. The highest BCUT2D eigenvalue weighted by atomic mass is 35.5. The molecule has 0 aliphatic carbocycles. The van der Waals surface area contributed by atoms with Crippen molar-refractivity contribution in [1.82, 2.24) is 9.99 Å². The molecule has 98 valence electrons. The first-order chi connectivity index (χ1) is 8.54.